The molecule has 3 nitrogen and oxygen atoms in total. The molecule has 1 fully saturated rings. The topological polar surface area (TPSA) is 32.5 Å². The molecule has 1 aromatic carbocycles. The van der Waals surface area contributed by atoms with E-state index in [0.717, 1.165) is 37.3 Å². The van der Waals surface area contributed by atoms with Gasteiger partial charge in [0.15, 0.2) is 0 Å². The molecule has 114 valence electrons. The van der Waals surface area contributed by atoms with Gasteiger partial charge in [-0.25, -0.2) is 4.39 Å². The van der Waals surface area contributed by atoms with Crippen LogP contribution in [0.25, 0.3) is 0 Å². The average molecular weight is 289 g/mol. The molecule has 0 radical (unpaired) electrons. The number of halogens is 1. The van der Waals surface area contributed by atoms with Crippen molar-refractivity contribution in [2.24, 2.45) is 5.73 Å². The van der Waals surface area contributed by atoms with Crippen molar-refractivity contribution >= 4 is 0 Å². The fourth-order valence-electron chi connectivity index (χ4n) is 2.67. The maximum absolute atomic E-state index is 13.4. The summed E-state index contributed by atoms with van der Waals surface area (Å²) < 4.78 is 13.4. The smallest absolute Gasteiger partial charge is 0.124 e. The maximum atomic E-state index is 13.4. The SMILES string of the molecule is CN1CCN(Cc2ccc(F)cc2C#CCN)CC1(C)C. The van der Waals surface area contributed by atoms with Crippen molar-refractivity contribution < 1.29 is 4.39 Å². The molecule has 0 atom stereocenters. The van der Waals surface area contributed by atoms with Gasteiger partial charge in [0, 0.05) is 37.3 Å². The molecule has 4 heteroatoms. The minimum atomic E-state index is -0.251. The predicted molar refractivity (Wildman–Crippen MR) is 84.3 cm³/mol. The Balaban J connectivity index is 2.16. The molecular weight excluding hydrogens is 265 g/mol. The van der Waals surface area contributed by atoms with E-state index in [1.54, 1.807) is 0 Å². The van der Waals surface area contributed by atoms with Crippen molar-refractivity contribution in [2.45, 2.75) is 25.9 Å². The number of nitrogens with two attached hydrogens (primary N) is 1. The van der Waals surface area contributed by atoms with Crippen molar-refractivity contribution in [3.05, 3.63) is 35.1 Å². The highest BCUT2D eigenvalue weighted by Gasteiger charge is 2.30. The van der Waals surface area contributed by atoms with Crippen molar-refractivity contribution in [2.75, 3.05) is 33.2 Å². The van der Waals surface area contributed by atoms with Gasteiger partial charge in [0.25, 0.3) is 0 Å². The van der Waals surface area contributed by atoms with Gasteiger partial charge in [-0.05, 0) is 38.6 Å². The number of piperazine rings is 1. The second-order valence-electron chi connectivity index (χ2n) is 6.25. The lowest BCUT2D eigenvalue weighted by Crippen LogP contribution is -2.57. The molecule has 1 heterocycles. The second kappa shape index (κ2) is 6.57. The molecule has 0 aromatic heterocycles. The summed E-state index contributed by atoms with van der Waals surface area (Å²) in [7, 11) is 2.16. The molecule has 1 aliphatic rings. The fraction of sp³-hybridized carbons (Fsp3) is 0.529. The standard InChI is InChI=1S/C17H24FN3/c1-17(2)13-21(10-9-20(17)3)12-15-6-7-16(18)11-14(15)5-4-8-19/h6-7,11H,8-10,12-13,19H2,1-3H3. The summed E-state index contributed by atoms with van der Waals surface area (Å²) in [6.45, 7) is 8.63. The molecule has 2 N–H and O–H groups in total. The molecule has 0 bridgehead atoms. The first-order valence-electron chi connectivity index (χ1n) is 7.33. The van der Waals surface area contributed by atoms with Gasteiger partial charge < -0.3 is 5.73 Å². The van der Waals surface area contributed by atoms with E-state index in [1.165, 1.54) is 12.1 Å². The van der Waals surface area contributed by atoms with Crippen molar-refractivity contribution in [3.63, 3.8) is 0 Å². The van der Waals surface area contributed by atoms with E-state index < -0.39 is 0 Å². The van der Waals surface area contributed by atoms with Crippen LogP contribution in [0.5, 0.6) is 0 Å². The average Bonchev–Trinajstić information content (AvgIpc) is 2.43. The van der Waals surface area contributed by atoms with Crippen molar-refractivity contribution in [1.29, 1.82) is 0 Å². The van der Waals surface area contributed by atoms with Gasteiger partial charge in [-0.15, -0.1) is 0 Å². The van der Waals surface area contributed by atoms with Crippen molar-refractivity contribution in [1.82, 2.24) is 9.80 Å². The van der Waals surface area contributed by atoms with Crippen LogP contribution in [0.3, 0.4) is 0 Å². The van der Waals surface area contributed by atoms with Gasteiger partial charge >= 0.3 is 0 Å². The number of rotatable bonds is 2. The van der Waals surface area contributed by atoms with Crippen LogP contribution < -0.4 is 5.73 Å². The molecule has 1 aliphatic heterocycles. The van der Waals surface area contributed by atoms with E-state index in [9.17, 15) is 4.39 Å². The lowest BCUT2D eigenvalue weighted by atomic mass is 9.98. The Morgan fingerprint density at radius 2 is 2.10 bits per heavy atom. The highest BCUT2D eigenvalue weighted by atomic mass is 19.1. The van der Waals surface area contributed by atoms with Crippen LogP contribution in [0, 0.1) is 17.7 Å². The Morgan fingerprint density at radius 3 is 2.76 bits per heavy atom. The molecule has 0 unspecified atom stereocenters. The number of nitrogens with zero attached hydrogens (tertiary/aromatic N) is 2. The van der Waals surface area contributed by atoms with E-state index in [-0.39, 0.29) is 17.9 Å². The molecule has 1 aromatic rings. The van der Waals surface area contributed by atoms with Crippen LogP contribution in [-0.2, 0) is 6.54 Å². The van der Waals surface area contributed by atoms with E-state index in [0.29, 0.717) is 0 Å². The van der Waals surface area contributed by atoms with Crippen LogP contribution in [0.2, 0.25) is 0 Å². The molecule has 0 spiro atoms. The van der Waals surface area contributed by atoms with Crippen LogP contribution in [0.15, 0.2) is 18.2 Å². The monoisotopic (exact) mass is 289 g/mol. The van der Waals surface area contributed by atoms with E-state index in [1.807, 2.05) is 6.07 Å². The van der Waals surface area contributed by atoms with Crippen molar-refractivity contribution in [3.8, 4) is 11.8 Å². The first-order chi connectivity index (χ1) is 9.92. The molecule has 2 rings (SSSR count). The Kier molecular flexibility index (Phi) is 5.00. The number of hydrogen-bond donors (Lipinski definition) is 1. The van der Waals surface area contributed by atoms with Crippen LogP contribution in [0.4, 0.5) is 4.39 Å². The minimum Gasteiger partial charge on any atom is -0.320 e. The summed E-state index contributed by atoms with van der Waals surface area (Å²) in [5.74, 6) is 5.55. The lowest BCUT2D eigenvalue weighted by Gasteiger charge is -2.45. The zero-order chi connectivity index (χ0) is 15.5. The highest BCUT2D eigenvalue weighted by Crippen LogP contribution is 2.21. The summed E-state index contributed by atoms with van der Waals surface area (Å²) in [6.07, 6.45) is 0. The summed E-state index contributed by atoms with van der Waals surface area (Å²) in [6, 6.07) is 4.84. The maximum Gasteiger partial charge on any atom is 0.124 e. The summed E-state index contributed by atoms with van der Waals surface area (Å²) in [5.41, 5.74) is 7.39. The molecular formula is C17H24FN3. The first-order valence-corrected chi connectivity index (χ1v) is 7.33. The zero-order valence-electron chi connectivity index (χ0n) is 13.1. The van der Waals surface area contributed by atoms with Gasteiger partial charge in [-0.1, -0.05) is 17.9 Å². The Labute approximate surface area is 126 Å². The number of likely N-dealkylation sites (N-methyl/N-ethyl adjacent to an activating group) is 1. The number of benzene rings is 1. The van der Waals surface area contributed by atoms with E-state index in [2.05, 4.69) is 42.5 Å². The van der Waals surface area contributed by atoms with Crippen LogP contribution in [0.1, 0.15) is 25.0 Å². The Hall–Kier alpha value is -1.41. The quantitative estimate of drug-likeness (QED) is 0.841. The first kappa shape index (κ1) is 16.0. The fourth-order valence-corrected chi connectivity index (χ4v) is 2.67. The molecule has 0 saturated carbocycles. The molecule has 0 amide bonds. The van der Waals surface area contributed by atoms with Crippen LogP contribution in [-0.4, -0.2) is 48.6 Å². The van der Waals surface area contributed by atoms with Gasteiger partial charge in [-0.2, -0.15) is 0 Å². The van der Waals surface area contributed by atoms with Gasteiger partial charge in [0.1, 0.15) is 5.82 Å². The molecule has 21 heavy (non-hydrogen) atoms. The van der Waals surface area contributed by atoms with E-state index >= 15 is 0 Å². The molecule has 1 saturated heterocycles. The third-order valence-electron chi connectivity index (χ3n) is 4.19. The predicted octanol–water partition coefficient (Wildman–Crippen LogP) is 1.66. The van der Waals surface area contributed by atoms with Gasteiger partial charge in [0.05, 0.1) is 6.54 Å². The van der Waals surface area contributed by atoms with Gasteiger partial charge in [-0.3, -0.25) is 9.80 Å². The Bertz CT molecular complexity index is 557. The second-order valence-corrected chi connectivity index (χ2v) is 6.25. The lowest BCUT2D eigenvalue weighted by molar-refractivity contribution is 0.0359. The number of hydrogen-bond acceptors (Lipinski definition) is 3. The normalized spacial score (nSPS) is 19.1. The molecule has 0 aliphatic carbocycles. The summed E-state index contributed by atoms with van der Waals surface area (Å²) in [4.78, 5) is 4.78. The minimum absolute atomic E-state index is 0.154. The van der Waals surface area contributed by atoms with E-state index in [4.69, 9.17) is 5.73 Å². The largest absolute Gasteiger partial charge is 0.320 e. The van der Waals surface area contributed by atoms with Gasteiger partial charge in [0.2, 0.25) is 0 Å². The third kappa shape index (κ3) is 4.04. The Morgan fingerprint density at radius 1 is 1.33 bits per heavy atom. The van der Waals surface area contributed by atoms with Crippen LogP contribution >= 0.6 is 0 Å². The highest BCUT2D eigenvalue weighted by molar-refractivity contribution is 5.42. The zero-order valence-corrected chi connectivity index (χ0v) is 13.1. The summed E-state index contributed by atoms with van der Waals surface area (Å²) >= 11 is 0. The summed E-state index contributed by atoms with van der Waals surface area (Å²) in [5, 5.41) is 0. The third-order valence-corrected chi connectivity index (χ3v) is 4.19.